The molecule has 1 saturated heterocycles. The number of thioether (sulfide) groups is 1. The number of carbonyl (C=O) groups is 2. The number of aliphatic carboxylic acids is 1. The molecule has 1 aliphatic heterocycles. The number of carbonyl (C=O) groups excluding carboxylic acids is 1. The van der Waals surface area contributed by atoms with Crippen molar-refractivity contribution in [2.75, 3.05) is 4.90 Å². The summed E-state index contributed by atoms with van der Waals surface area (Å²) in [5, 5.41) is 9.20. The summed E-state index contributed by atoms with van der Waals surface area (Å²) in [7, 11) is 0. The molecule has 0 aromatic heterocycles. The molecule has 0 radical (unpaired) electrons. The van der Waals surface area contributed by atoms with Crippen LogP contribution in [0.15, 0.2) is 24.3 Å². The van der Waals surface area contributed by atoms with Gasteiger partial charge in [0.1, 0.15) is 0 Å². The molecule has 1 aromatic rings. The summed E-state index contributed by atoms with van der Waals surface area (Å²) in [6.45, 7) is 0. The first-order valence-electron chi connectivity index (χ1n) is 7.51. The van der Waals surface area contributed by atoms with E-state index in [2.05, 4.69) is 0 Å². The molecule has 118 valence electrons. The average Bonchev–Trinajstić information content (AvgIpc) is 2.73. The molecule has 1 unspecified atom stereocenters. The highest BCUT2D eigenvalue weighted by atomic mass is 35.5. The van der Waals surface area contributed by atoms with Gasteiger partial charge in [-0.05, 0) is 37.1 Å². The summed E-state index contributed by atoms with van der Waals surface area (Å²) in [5.74, 6) is -1.01. The molecule has 4 nitrogen and oxygen atoms in total. The molecule has 1 heterocycles. The summed E-state index contributed by atoms with van der Waals surface area (Å²) in [6, 6.07) is 7.24. The predicted molar refractivity (Wildman–Crippen MR) is 88.4 cm³/mol. The van der Waals surface area contributed by atoms with Crippen molar-refractivity contribution < 1.29 is 14.7 Å². The van der Waals surface area contributed by atoms with Crippen LogP contribution in [0.5, 0.6) is 0 Å². The molecule has 6 heteroatoms. The first-order valence-corrected chi connectivity index (χ1v) is 8.77. The van der Waals surface area contributed by atoms with Crippen molar-refractivity contribution in [2.24, 2.45) is 0 Å². The van der Waals surface area contributed by atoms with E-state index in [0.29, 0.717) is 5.02 Å². The van der Waals surface area contributed by atoms with Gasteiger partial charge < -0.3 is 5.11 Å². The van der Waals surface area contributed by atoms with Crippen LogP contribution >= 0.6 is 23.4 Å². The zero-order chi connectivity index (χ0) is 15.7. The van der Waals surface area contributed by atoms with Gasteiger partial charge in [0.05, 0.1) is 16.5 Å². The summed E-state index contributed by atoms with van der Waals surface area (Å²) < 4.78 is 0. The monoisotopic (exact) mass is 339 g/mol. The van der Waals surface area contributed by atoms with Crippen LogP contribution in [0.2, 0.25) is 5.02 Å². The van der Waals surface area contributed by atoms with Gasteiger partial charge >= 0.3 is 5.97 Å². The Labute approximate surface area is 138 Å². The van der Waals surface area contributed by atoms with E-state index in [-0.39, 0.29) is 17.2 Å². The third-order valence-corrected chi connectivity index (χ3v) is 6.28. The van der Waals surface area contributed by atoms with Crippen LogP contribution < -0.4 is 4.90 Å². The molecule has 2 fully saturated rings. The number of hydrogen-bond acceptors (Lipinski definition) is 3. The Kier molecular flexibility index (Phi) is 4.37. The molecule has 0 bridgehead atoms. The van der Waals surface area contributed by atoms with Gasteiger partial charge in [0.15, 0.2) is 0 Å². The van der Waals surface area contributed by atoms with Gasteiger partial charge in [-0.3, -0.25) is 14.5 Å². The van der Waals surface area contributed by atoms with Crippen molar-refractivity contribution in [3.8, 4) is 0 Å². The fourth-order valence-corrected chi connectivity index (χ4v) is 5.31. The lowest BCUT2D eigenvalue weighted by Crippen LogP contribution is -2.46. The van der Waals surface area contributed by atoms with Gasteiger partial charge in [-0.25, -0.2) is 0 Å². The largest absolute Gasteiger partial charge is 0.481 e. The number of amides is 1. The van der Waals surface area contributed by atoms with Crippen LogP contribution in [-0.2, 0) is 9.59 Å². The third-order valence-electron chi connectivity index (χ3n) is 4.34. The number of halogens is 1. The second-order valence-electron chi connectivity index (χ2n) is 5.86. The van der Waals surface area contributed by atoms with E-state index in [1.165, 1.54) is 6.42 Å². The summed E-state index contributed by atoms with van der Waals surface area (Å²) >= 11 is 7.48. The number of carboxylic acid groups (broad SMARTS) is 1. The Hall–Kier alpha value is -1.20. The Balaban J connectivity index is 1.96. The van der Waals surface area contributed by atoms with Crippen LogP contribution in [0, 0.1) is 0 Å². The third kappa shape index (κ3) is 2.84. The average molecular weight is 340 g/mol. The minimum Gasteiger partial charge on any atom is -0.481 e. The topological polar surface area (TPSA) is 57.6 Å². The molecule has 1 amide bonds. The van der Waals surface area contributed by atoms with Crippen LogP contribution in [0.1, 0.15) is 38.5 Å². The van der Waals surface area contributed by atoms with Crippen LogP contribution in [0.3, 0.4) is 0 Å². The van der Waals surface area contributed by atoms with E-state index < -0.39 is 11.2 Å². The molecule has 1 spiro atoms. The maximum atomic E-state index is 12.8. The first-order chi connectivity index (χ1) is 10.5. The van der Waals surface area contributed by atoms with Crippen molar-refractivity contribution >= 4 is 40.9 Å². The Morgan fingerprint density at radius 2 is 1.91 bits per heavy atom. The fraction of sp³-hybridized carbons (Fsp3) is 0.500. The Morgan fingerprint density at radius 3 is 2.50 bits per heavy atom. The highest BCUT2D eigenvalue weighted by Gasteiger charge is 2.52. The molecule has 2 aliphatic rings. The zero-order valence-electron chi connectivity index (χ0n) is 12.1. The summed E-state index contributed by atoms with van der Waals surface area (Å²) in [6.07, 6.45) is 5.04. The molecule has 22 heavy (non-hydrogen) atoms. The van der Waals surface area contributed by atoms with Crippen molar-refractivity contribution in [1.82, 2.24) is 0 Å². The summed E-state index contributed by atoms with van der Waals surface area (Å²) in [4.78, 5) is 25.4. The lowest BCUT2D eigenvalue weighted by Gasteiger charge is -2.40. The van der Waals surface area contributed by atoms with Gasteiger partial charge in [0.2, 0.25) is 5.91 Å². The maximum Gasteiger partial charge on any atom is 0.305 e. The number of nitrogens with zero attached hydrogens (tertiary/aromatic N) is 1. The fourth-order valence-electron chi connectivity index (χ4n) is 3.40. The van der Waals surface area contributed by atoms with Gasteiger partial charge in [-0.15, -0.1) is 11.8 Å². The van der Waals surface area contributed by atoms with Crippen LogP contribution in [-0.4, -0.2) is 27.1 Å². The molecule has 1 aliphatic carbocycles. The maximum absolute atomic E-state index is 12.8. The van der Waals surface area contributed by atoms with Gasteiger partial charge in [-0.1, -0.05) is 30.9 Å². The Bertz CT molecular complexity index is 584. The molecule has 3 rings (SSSR count). The molecule has 1 N–H and O–H groups in total. The van der Waals surface area contributed by atoms with Crippen LogP contribution in [0.4, 0.5) is 5.69 Å². The molecule has 1 saturated carbocycles. The normalized spacial score (nSPS) is 24.0. The number of rotatable bonds is 3. The molecular weight excluding hydrogens is 322 g/mol. The van der Waals surface area contributed by atoms with Gasteiger partial charge in [0, 0.05) is 10.7 Å². The molecular formula is C16H18ClNO3S. The van der Waals surface area contributed by atoms with E-state index in [1.54, 1.807) is 23.9 Å². The second kappa shape index (κ2) is 6.13. The minimum atomic E-state index is -0.922. The zero-order valence-corrected chi connectivity index (χ0v) is 13.7. The lowest BCUT2D eigenvalue weighted by molar-refractivity contribution is -0.138. The van der Waals surface area contributed by atoms with Crippen molar-refractivity contribution in [2.45, 2.75) is 48.6 Å². The molecule has 1 atom stereocenters. The van der Waals surface area contributed by atoms with Crippen molar-refractivity contribution in [1.29, 1.82) is 0 Å². The van der Waals surface area contributed by atoms with Gasteiger partial charge in [-0.2, -0.15) is 0 Å². The van der Waals surface area contributed by atoms with E-state index in [1.807, 2.05) is 17.0 Å². The standard InChI is InChI=1S/C16H18ClNO3S/c17-11-4-6-12(7-5-11)18-15(21)13(10-14(19)20)22-16(18)8-2-1-3-9-16/h4-7,13H,1-3,8-10H2,(H,19,20). The Morgan fingerprint density at radius 1 is 1.27 bits per heavy atom. The number of hydrogen-bond donors (Lipinski definition) is 1. The van der Waals surface area contributed by atoms with E-state index in [9.17, 15) is 9.59 Å². The highest BCUT2D eigenvalue weighted by molar-refractivity contribution is 8.02. The number of anilines is 1. The van der Waals surface area contributed by atoms with E-state index in [4.69, 9.17) is 16.7 Å². The van der Waals surface area contributed by atoms with E-state index in [0.717, 1.165) is 31.4 Å². The lowest BCUT2D eigenvalue weighted by atomic mass is 9.92. The van der Waals surface area contributed by atoms with E-state index >= 15 is 0 Å². The predicted octanol–water partition coefficient (Wildman–Crippen LogP) is 3.92. The smallest absolute Gasteiger partial charge is 0.305 e. The van der Waals surface area contributed by atoms with Gasteiger partial charge in [0.25, 0.3) is 0 Å². The first kappa shape index (κ1) is 15.7. The van der Waals surface area contributed by atoms with Crippen LogP contribution in [0.25, 0.3) is 0 Å². The quantitative estimate of drug-likeness (QED) is 0.906. The second-order valence-corrected chi connectivity index (χ2v) is 7.86. The number of benzene rings is 1. The SMILES string of the molecule is O=C(O)CC1SC2(CCCCC2)N(c2ccc(Cl)cc2)C1=O. The summed E-state index contributed by atoms with van der Waals surface area (Å²) in [5.41, 5.74) is 0.816. The minimum absolute atomic E-state index is 0.0865. The molecule has 1 aromatic carbocycles. The highest BCUT2D eigenvalue weighted by Crippen LogP contribution is 2.52. The number of carboxylic acids is 1. The van der Waals surface area contributed by atoms with Crippen molar-refractivity contribution in [3.63, 3.8) is 0 Å². The van der Waals surface area contributed by atoms with Crippen molar-refractivity contribution in [3.05, 3.63) is 29.3 Å².